The van der Waals surface area contributed by atoms with E-state index in [4.69, 9.17) is 18.9 Å². The molecule has 1 atom stereocenters. The zero-order valence-corrected chi connectivity index (χ0v) is 28.2. The number of carbonyl (C=O) groups excluding carboxylic acids is 3. The van der Waals surface area contributed by atoms with Crippen LogP contribution in [0.2, 0.25) is 0 Å². The van der Waals surface area contributed by atoms with Crippen molar-refractivity contribution >= 4 is 18.0 Å². The fourth-order valence-corrected chi connectivity index (χ4v) is 6.18. The zero-order valence-electron chi connectivity index (χ0n) is 28.2. The number of fused-ring (bicyclic) bond motifs is 3. The molecule has 0 aromatic heterocycles. The third-order valence-electron chi connectivity index (χ3n) is 8.83. The van der Waals surface area contributed by atoms with Crippen LogP contribution in [-0.4, -0.2) is 49.9 Å². The summed E-state index contributed by atoms with van der Waals surface area (Å²) >= 11 is 0. The Hall–Kier alpha value is -6.29. The van der Waals surface area contributed by atoms with Crippen molar-refractivity contribution in [3.05, 3.63) is 149 Å². The lowest BCUT2D eigenvalue weighted by atomic mass is 9.98. The third-order valence-corrected chi connectivity index (χ3v) is 8.83. The van der Waals surface area contributed by atoms with Gasteiger partial charge in [-0.05, 0) is 75.3 Å². The largest absolute Gasteiger partial charge is 0.508 e. The highest BCUT2D eigenvalue weighted by molar-refractivity contribution is 5.88. The van der Waals surface area contributed by atoms with Crippen LogP contribution in [0.3, 0.4) is 0 Å². The molecule has 0 saturated carbocycles. The SMILES string of the molecule is COc1ccc(C(NC(=O)C[C@H](NC(=O)OCC2c3ccccc3-c3ccccc32)C(=O)OCc2ccc(O)cc2)c2ccc(OC)cc2)cc1. The van der Waals surface area contributed by atoms with Crippen molar-refractivity contribution in [2.75, 3.05) is 20.8 Å². The van der Waals surface area contributed by atoms with Gasteiger partial charge in [-0.15, -0.1) is 0 Å². The van der Waals surface area contributed by atoms with E-state index in [2.05, 4.69) is 10.6 Å². The molecule has 0 saturated heterocycles. The minimum Gasteiger partial charge on any atom is -0.508 e. The molecule has 0 spiro atoms. The van der Waals surface area contributed by atoms with Crippen molar-refractivity contribution < 1.29 is 38.4 Å². The molecule has 0 aliphatic heterocycles. The number of rotatable bonds is 13. The van der Waals surface area contributed by atoms with E-state index in [0.29, 0.717) is 17.1 Å². The average molecular weight is 687 g/mol. The summed E-state index contributed by atoms with van der Waals surface area (Å²) in [5.41, 5.74) is 6.40. The number of carbonyl (C=O) groups is 3. The van der Waals surface area contributed by atoms with Crippen LogP contribution in [0.25, 0.3) is 11.1 Å². The monoisotopic (exact) mass is 686 g/mol. The van der Waals surface area contributed by atoms with E-state index < -0.39 is 36.5 Å². The van der Waals surface area contributed by atoms with Crippen molar-refractivity contribution in [3.8, 4) is 28.4 Å². The van der Waals surface area contributed by atoms with E-state index in [0.717, 1.165) is 33.4 Å². The summed E-state index contributed by atoms with van der Waals surface area (Å²) in [7, 11) is 3.14. The number of ether oxygens (including phenoxy) is 4. The molecule has 3 N–H and O–H groups in total. The topological polar surface area (TPSA) is 132 Å². The summed E-state index contributed by atoms with van der Waals surface area (Å²) in [6, 6.07) is 34.7. The number of hydrogen-bond acceptors (Lipinski definition) is 8. The van der Waals surface area contributed by atoms with Crippen molar-refractivity contribution in [2.45, 2.75) is 31.0 Å². The lowest BCUT2D eigenvalue weighted by Gasteiger charge is -2.23. The van der Waals surface area contributed by atoms with Gasteiger partial charge >= 0.3 is 12.1 Å². The van der Waals surface area contributed by atoms with Gasteiger partial charge in [0.1, 0.15) is 36.5 Å². The van der Waals surface area contributed by atoms with Crippen LogP contribution in [0, 0.1) is 0 Å². The molecule has 10 heteroatoms. The predicted molar refractivity (Wildman–Crippen MR) is 190 cm³/mol. The minimum absolute atomic E-state index is 0.0261. The number of methoxy groups -OCH3 is 2. The van der Waals surface area contributed by atoms with Crippen LogP contribution in [0.4, 0.5) is 4.79 Å². The van der Waals surface area contributed by atoms with Gasteiger partial charge < -0.3 is 34.7 Å². The Labute approximate surface area is 296 Å². The number of phenols is 1. The van der Waals surface area contributed by atoms with Gasteiger partial charge in [-0.1, -0.05) is 84.9 Å². The smallest absolute Gasteiger partial charge is 0.407 e. The van der Waals surface area contributed by atoms with Crippen molar-refractivity contribution in [1.29, 1.82) is 0 Å². The molecule has 0 heterocycles. The molecule has 5 aromatic carbocycles. The van der Waals surface area contributed by atoms with Gasteiger partial charge in [0.05, 0.1) is 26.7 Å². The van der Waals surface area contributed by atoms with E-state index in [9.17, 15) is 19.5 Å². The molecule has 1 aliphatic carbocycles. The molecular formula is C41H38N2O8. The number of esters is 1. The molecular weight excluding hydrogens is 648 g/mol. The molecule has 1 aliphatic rings. The Morgan fingerprint density at radius 2 is 1.20 bits per heavy atom. The first-order chi connectivity index (χ1) is 24.8. The second kappa shape index (κ2) is 15.9. The standard InChI is InChI=1S/C41H38N2O8/c1-48-30-19-13-27(14-20-30)39(28-15-21-31(49-2)22-16-28)43-38(45)23-37(40(46)50-24-26-11-17-29(44)18-12-26)42-41(47)51-25-36-34-9-5-3-7-32(34)33-8-4-6-10-35(33)36/h3-22,36-37,39,44H,23-25H2,1-2H3,(H,42,47)(H,43,45)/t37-/m0/s1. The molecule has 0 radical (unpaired) electrons. The van der Waals surface area contributed by atoms with Crippen LogP contribution in [0.5, 0.6) is 17.2 Å². The molecule has 2 amide bonds. The quantitative estimate of drug-likeness (QED) is 0.117. The fraction of sp³-hybridized carbons (Fsp3) is 0.195. The molecule has 5 aromatic rings. The number of phenolic OH excluding ortho intramolecular Hbond substituents is 1. The van der Waals surface area contributed by atoms with E-state index in [-0.39, 0.29) is 24.9 Å². The maximum absolute atomic E-state index is 13.7. The third kappa shape index (κ3) is 8.30. The van der Waals surface area contributed by atoms with Gasteiger partial charge in [0.25, 0.3) is 0 Å². The summed E-state index contributed by atoms with van der Waals surface area (Å²) in [6.07, 6.45) is -1.29. The first-order valence-electron chi connectivity index (χ1n) is 16.5. The van der Waals surface area contributed by atoms with Crippen LogP contribution < -0.4 is 20.1 Å². The van der Waals surface area contributed by atoms with Crippen molar-refractivity contribution in [1.82, 2.24) is 10.6 Å². The first-order valence-corrected chi connectivity index (χ1v) is 16.5. The lowest BCUT2D eigenvalue weighted by Crippen LogP contribution is -2.46. The summed E-state index contributed by atoms with van der Waals surface area (Å²) in [5.74, 6) is -0.153. The maximum atomic E-state index is 13.7. The molecule has 0 bridgehead atoms. The fourth-order valence-electron chi connectivity index (χ4n) is 6.18. The summed E-state index contributed by atoms with van der Waals surface area (Å²) in [4.78, 5) is 40.5. The summed E-state index contributed by atoms with van der Waals surface area (Å²) in [5, 5.41) is 15.2. The second-order valence-electron chi connectivity index (χ2n) is 12.0. The van der Waals surface area contributed by atoms with E-state index in [1.54, 1.807) is 50.6 Å². The highest BCUT2D eigenvalue weighted by Crippen LogP contribution is 2.44. The number of alkyl carbamates (subject to hydrolysis) is 1. The lowest BCUT2D eigenvalue weighted by molar-refractivity contribution is -0.148. The molecule has 10 nitrogen and oxygen atoms in total. The summed E-state index contributed by atoms with van der Waals surface area (Å²) < 4.78 is 21.8. The van der Waals surface area contributed by atoms with Gasteiger partial charge in [0.2, 0.25) is 5.91 Å². The average Bonchev–Trinajstić information content (AvgIpc) is 3.49. The van der Waals surface area contributed by atoms with Gasteiger partial charge in [0.15, 0.2) is 0 Å². The molecule has 6 rings (SSSR count). The van der Waals surface area contributed by atoms with Gasteiger partial charge in [0, 0.05) is 5.92 Å². The Morgan fingerprint density at radius 3 is 1.73 bits per heavy atom. The summed E-state index contributed by atoms with van der Waals surface area (Å²) in [6.45, 7) is -0.109. The zero-order chi connectivity index (χ0) is 35.7. The molecule has 260 valence electrons. The van der Waals surface area contributed by atoms with Crippen LogP contribution in [0.15, 0.2) is 121 Å². The number of benzene rings is 5. The van der Waals surface area contributed by atoms with Crippen LogP contribution in [-0.2, 0) is 25.7 Å². The first kappa shape index (κ1) is 34.6. The van der Waals surface area contributed by atoms with Crippen molar-refractivity contribution in [2.24, 2.45) is 0 Å². The minimum atomic E-state index is -1.37. The van der Waals surface area contributed by atoms with E-state index in [1.807, 2.05) is 72.8 Å². The highest BCUT2D eigenvalue weighted by atomic mass is 16.6. The second-order valence-corrected chi connectivity index (χ2v) is 12.0. The van der Waals surface area contributed by atoms with E-state index in [1.165, 1.54) is 12.1 Å². The van der Waals surface area contributed by atoms with Crippen molar-refractivity contribution in [3.63, 3.8) is 0 Å². The number of aromatic hydroxyl groups is 1. The maximum Gasteiger partial charge on any atom is 0.407 e. The van der Waals surface area contributed by atoms with Gasteiger partial charge in [-0.2, -0.15) is 0 Å². The molecule has 51 heavy (non-hydrogen) atoms. The number of nitrogens with one attached hydrogen (secondary N) is 2. The van der Waals surface area contributed by atoms with Crippen LogP contribution >= 0.6 is 0 Å². The Bertz CT molecular complexity index is 1880. The molecule has 0 unspecified atom stereocenters. The molecule has 0 fully saturated rings. The number of amides is 2. The Balaban J connectivity index is 1.18. The van der Waals surface area contributed by atoms with Gasteiger partial charge in [-0.25, -0.2) is 9.59 Å². The number of hydrogen-bond donors (Lipinski definition) is 3. The Morgan fingerprint density at radius 1 is 0.667 bits per heavy atom. The van der Waals surface area contributed by atoms with E-state index >= 15 is 0 Å². The van der Waals surface area contributed by atoms with Crippen LogP contribution in [0.1, 0.15) is 46.2 Å². The van der Waals surface area contributed by atoms with Gasteiger partial charge in [-0.3, -0.25) is 4.79 Å². The Kier molecular flexibility index (Phi) is 10.8. The highest BCUT2D eigenvalue weighted by Gasteiger charge is 2.31. The predicted octanol–water partition coefficient (Wildman–Crippen LogP) is 6.66. The normalized spacial score (nSPS) is 12.3.